The Hall–Kier alpha value is -1.15. The van der Waals surface area contributed by atoms with E-state index >= 15 is 0 Å². The molecule has 1 saturated heterocycles. The highest BCUT2D eigenvalue weighted by atomic mass is 35.5. The van der Waals surface area contributed by atoms with Crippen molar-refractivity contribution in [1.82, 2.24) is 9.62 Å². The number of esters is 1. The van der Waals surface area contributed by atoms with Crippen LogP contribution in [0.4, 0.5) is 0 Å². The van der Waals surface area contributed by atoms with Crippen molar-refractivity contribution in [1.29, 1.82) is 0 Å². The molecule has 2 rings (SSSR count). The molecule has 1 aromatic rings. The summed E-state index contributed by atoms with van der Waals surface area (Å²) in [6, 6.07) is 5.97. The lowest BCUT2D eigenvalue weighted by atomic mass is 10.1. The van der Waals surface area contributed by atoms with Crippen LogP contribution in [0.15, 0.2) is 29.2 Å². The van der Waals surface area contributed by atoms with Crippen molar-refractivity contribution in [2.45, 2.75) is 37.1 Å². The molecule has 136 valence electrons. The first-order valence-corrected chi connectivity index (χ1v) is 9.35. The van der Waals surface area contributed by atoms with E-state index in [0.29, 0.717) is 12.1 Å². The van der Waals surface area contributed by atoms with E-state index in [1.54, 1.807) is 4.31 Å². The van der Waals surface area contributed by atoms with E-state index in [2.05, 4.69) is 10.1 Å². The maximum Gasteiger partial charge on any atom is 0.337 e. The SMILES string of the molecule is CCCN(C1CCNCC1)S(=O)(=O)c1ccc(C(=O)OC)cc1.Cl. The predicted octanol–water partition coefficient (Wildman–Crippen LogP) is 2.05. The van der Waals surface area contributed by atoms with Gasteiger partial charge in [0.2, 0.25) is 10.0 Å². The molecule has 1 aliphatic heterocycles. The van der Waals surface area contributed by atoms with Gasteiger partial charge in [0.25, 0.3) is 0 Å². The maximum absolute atomic E-state index is 13.0. The van der Waals surface area contributed by atoms with E-state index in [1.165, 1.54) is 31.4 Å². The number of piperidine rings is 1. The number of ether oxygens (including phenoxy) is 1. The van der Waals surface area contributed by atoms with Gasteiger partial charge in [-0.25, -0.2) is 13.2 Å². The summed E-state index contributed by atoms with van der Waals surface area (Å²) in [5.74, 6) is -0.474. The minimum absolute atomic E-state index is 0. The Kier molecular flexibility index (Phi) is 8.15. The van der Waals surface area contributed by atoms with Crippen LogP contribution >= 0.6 is 12.4 Å². The third kappa shape index (κ3) is 4.69. The van der Waals surface area contributed by atoms with Crippen LogP contribution in [0.5, 0.6) is 0 Å². The van der Waals surface area contributed by atoms with Gasteiger partial charge in [-0.3, -0.25) is 0 Å². The fourth-order valence-corrected chi connectivity index (χ4v) is 4.61. The van der Waals surface area contributed by atoms with Crippen LogP contribution in [0, 0.1) is 0 Å². The summed E-state index contributed by atoms with van der Waals surface area (Å²) < 4.78 is 32.2. The molecular formula is C16H25ClN2O4S. The Morgan fingerprint density at radius 1 is 1.25 bits per heavy atom. The Balaban J connectivity index is 0.00000288. The Labute approximate surface area is 150 Å². The van der Waals surface area contributed by atoms with Gasteiger partial charge < -0.3 is 10.1 Å². The van der Waals surface area contributed by atoms with Crippen LogP contribution in [-0.2, 0) is 14.8 Å². The number of methoxy groups -OCH3 is 1. The van der Waals surface area contributed by atoms with Crippen molar-refractivity contribution in [2.24, 2.45) is 0 Å². The zero-order valence-electron chi connectivity index (χ0n) is 14.0. The Morgan fingerprint density at radius 2 is 1.83 bits per heavy atom. The number of nitrogens with zero attached hydrogens (tertiary/aromatic N) is 1. The number of carbonyl (C=O) groups excluding carboxylic acids is 1. The molecule has 0 bridgehead atoms. The van der Waals surface area contributed by atoms with Gasteiger partial charge in [-0.2, -0.15) is 4.31 Å². The molecule has 6 nitrogen and oxygen atoms in total. The summed E-state index contributed by atoms with van der Waals surface area (Å²) in [5.41, 5.74) is 0.343. The second-order valence-corrected chi connectivity index (χ2v) is 7.50. The number of hydrogen-bond donors (Lipinski definition) is 1. The summed E-state index contributed by atoms with van der Waals surface area (Å²) in [6.45, 7) is 4.15. The maximum atomic E-state index is 13.0. The van der Waals surface area contributed by atoms with Gasteiger partial charge in [-0.15, -0.1) is 12.4 Å². The van der Waals surface area contributed by atoms with Crippen LogP contribution in [0.3, 0.4) is 0 Å². The van der Waals surface area contributed by atoms with E-state index in [0.717, 1.165) is 32.4 Å². The van der Waals surface area contributed by atoms with Crippen LogP contribution in [0.2, 0.25) is 0 Å². The Morgan fingerprint density at radius 3 is 2.33 bits per heavy atom. The third-order valence-electron chi connectivity index (χ3n) is 4.04. The van der Waals surface area contributed by atoms with Gasteiger partial charge >= 0.3 is 5.97 Å². The lowest BCUT2D eigenvalue weighted by Crippen LogP contribution is -2.46. The van der Waals surface area contributed by atoms with Crippen molar-refractivity contribution in [3.63, 3.8) is 0 Å². The summed E-state index contributed by atoms with van der Waals surface area (Å²) in [4.78, 5) is 11.7. The van der Waals surface area contributed by atoms with Gasteiger partial charge in [-0.1, -0.05) is 6.92 Å². The molecule has 0 unspecified atom stereocenters. The van der Waals surface area contributed by atoms with Crippen LogP contribution < -0.4 is 5.32 Å². The first kappa shape index (κ1) is 20.9. The average molecular weight is 377 g/mol. The number of nitrogens with one attached hydrogen (secondary N) is 1. The molecule has 0 radical (unpaired) electrons. The van der Waals surface area contributed by atoms with Crippen molar-refractivity contribution in [3.05, 3.63) is 29.8 Å². The van der Waals surface area contributed by atoms with E-state index < -0.39 is 16.0 Å². The fraction of sp³-hybridized carbons (Fsp3) is 0.562. The molecule has 0 aromatic heterocycles. The zero-order valence-corrected chi connectivity index (χ0v) is 15.7. The van der Waals surface area contributed by atoms with Crippen LogP contribution in [0.25, 0.3) is 0 Å². The largest absolute Gasteiger partial charge is 0.465 e. The lowest BCUT2D eigenvalue weighted by Gasteiger charge is -2.33. The minimum Gasteiger partial charge on any atom is -0.465 e. The first-order chi connectivity index (χ1) is 11.0. The molecule has 0 saturated carbocycles. The monoisotopic (exact) mass is 376 g/mol. The highest BCUT2D eigenvalue weighted by molar-refractivity contribution is 7.89. The number of halogens is 1. The van der Waals surface area contributed by atoms with Crippen LogP contribution in [0.1, 0.15) is 36.5 Å². The number of rotatable bonds is 6. The fourth-order valence-electron chi connectivity index (χ4n) is 2.83. The molecule has 0 amide bonds. The second kappa shape index (κ2) is 9.36. The van der Waals surface area contributed by atoms with Gasteiger partial charge in [0, 0.05) is 12.6 Å². The lowest BCUT2D eigenvalue weighted by molar-refractivity contribution is 0.0600. The summed E-state index contributed by atoms with van der Waals surface area (Å²) >= 11 is 0. The first-order valence-electron chi connectivity index (χ1n) is 7.91. The molecule has 0 atom stereocenters. The molecular weight excluding hydrogens is 352 g/mol. The second-order valence-electron chi connectivity index (χ2n) is 5.61. The summed E-state index contributed by atoms with van der Waals surface area (Å²) in [7, 11) is -2.26. The highest BCUT2D eigenvalue weighted by Crippen LogP contribution is 2.23. The van der Waals surface area contributed by atoms with Gasteiger partial charge in [-0.05, 0) is 56.6 Å². The molecule has 8 heteroatoms. The third-order valence-corrected chi connectivity index (χ3v) is 6.01. The summed E-state index contributed by atoms with van der Waals surface area (Å²) in [5, 5.41) is 3.26. The van der Waals surface area contributed by atoms with Gasteiger partial charge in [0.15, 0.2) is 0 Å². The molecule has 0 aliphatic carbocycles. The predicted molar refractivity (Wildman–Crippen MR) is 95.1 cm³/mol. The number of carbonyl (C=O) groups is 1. The Bertz CT molecular complexity index is 628. The molecule has 1 fully saturated rings. The minimum atomic E-state index is -3.56. The van der Waals surface area contributed by atoms with Gasteiger partial charge in [0.05, 0.1) is 17.6 Å². The standard InChI is InChI=1S/C16H24N2O4S.ClH/c1-3-12-18(14-8-10-17-11-9-14)23(20,21)15-6-4-13(5-7-15)16(19)22-2;/h4-7,14,17H,3,8-12H2,1-2H3;1H. The molecule has 1 N–H and O–H groups in total. The number of hydrogen-bond acceptors (Lipinski definition) is 5. The molecule has 1 aliphatic rings. The van der Waals surface area contributed by atoms with Crippen LogP contribution in [-0.4, -0.2) is 51.5 Å². The van der Waals surface area contributed by atoms with E-state index in [-0.39, 0.29) is 23.3 Å². The van der Waals surface area contributed by atoms with Crippen molar-refractivity contribution in [2.75, 3.05) is 26.7 Å². The van der Waals surface area contributed by atoms with E-state index in [9.17, 15) is 13.2 Å². The summed E-state index contributed by atoms with van der Waals surface area (Å²) in [6.07, 6.45) is 2.41. The molecule has 1 heterocycles. The van der Waals surface area contributed by atoms with Crippen molar-refractivity contribution in [3.8, 4) is 0 Å². The van der Waals surface area contributed by atoms with E-state index in [1.807, 2.05) is 6.92 Å². The quantitative estimate of drug-likeness (QED) is 0.769. The van der Waals surface area contributed by atoms with E-state index in [4.69, 9.17) is 0 Å². The topological polar surface area (TPSA) is 75.7 Å². The smallest absolute Gasteiger partial charge is 0.337 e. The normalized spacial score (nSPS) is 15.8. The van der Waals surface area contributed by atoms with Gasteiger partial charge in [0.1, 0.15) is 0 Å². The number of benzene rings is 1. The molecule has 24 heavy (non-hydrogen) atoms. The molecule has 0 spiro atoms. The highest BCUT2D eigenvalue weighted by Gasteiger charge is 2.31. The molecule has 1 aromatic carbocycles. The zero-order chi connectivity index (χ0) is 16.9. The average Bonchev–Trinajstić information content (AvgIpc) is 2.59. The van der Waals surface area contributed by atoms with Crippen molar-refractivity contribution < 1.29 is 17.9 Å². The van der Waals surface area contributed by atoms with Crippen molar-refractivity contribution >= 4 is 28.4 Å². The number of sulfonamides is 1.